The number of hydrogen-bond acceptors (Lipinski definition) is 2. The molecule has 0 fully saturated rings. The molecule has 25 heavy (non-hydrogen) atoms. The van der Waals surface area contributed by atoms with Crippen LogP contribution in [0.25, 0.3) is 27.7 Å². The molecule has 0 saturated carbocycles. The van der Waals surface area contributed by atoms with E-state index in [0.717, 1.165) is 18.3 Å². The highest BCUT2D eigenvalue weighted by atomic mass is 19.1. The number of halogens is 3. The van der Waals surface area contributed by atoms with E-state index in [4.69, 9.17) is 11.5 Å². The van der Waals surface area contributed by atoms with Crippen LogP contribution < -0.4 is 11.5 Å². The van der Waals surface area contributed by atoms with E-state index in [-0.39, 0.29) is 33.7 Å². The SMILES string of the molecule is C=C(N=C(N)N)c1ccc2c(F)cnc(-c3c(F)cccc3F)c2c1. The molecule has 4 N–H and O–H groups in total. The van der Waals surface area contributed by atoms with Crippen molar-refractivity contribution in [1.82, 2.24) is 4.98 Å². The van der Waals surface area contributed by atoms with E-state index < -0.39 is 17.5 Å². The largest absolute Gasteiger partial charge is 0.370 e. The smallest absolute Gasteiger partial charge is 0.191 e. The summed E-state index contributed by atoms with van der Waals surface area (Å²) in [4.78, 5) is 7.72. The van der Waals surface area contributed by atoms with Crippen molar-refractivity contribution in [3.05, 3.63) is 72.2 Å². The van der Waals surface area contributed by atoms with Gasteiger partial charge in [0.2, 0.25) is 0 Å². The van der Waals surface area contributed by atoms with Crippen LogP contribution in [0.4, 0.5) is 13.2 Å². The highest BCUT2D eigenvalue weighted by Crippen LogP contribution is 2.33. The summed E-state index contributed by atoms with van der Waals surface area (Å²) in [6.07, 6.45) is 0.925. The zero-order valence-electron chi connectivity index (χ0n) is 12.9. The summed E-state index contributed by atoms with van der Waals surface area (Å²) in [5.41, 5.74) is 11.0. The van der Waals surface area contributed by atoms with Gasteiger partial charge in [-0.2, -0.15) is 0 Å². The van der Waals surface area contributed by atoms with Gasteiger partial charge in [-0.1, -0.05) is 24.8 Å². The minimum atomic E-state index is -0.797. The van der Waals surface area contributed by atoms with Gasteiger partial charge in [-0.15, -0.1) is 0 Å². The summed E-state index contributed by atoms with van der Waals surface area (Å²) >= 11 is 0. The topological polar surface area (TPSA) is 77.3 Å². The summed E-state index contributed by atoms with van der Waals surface area (Å²) in [6.45, 7) is 3.72. The lowest BCUT2D eigenvalue weighted by Crippen LogP contribution is -2.22. The number of nitrogens with two attached hydrogens (primary N) is 2. The van der Waals surface area contributed by atoms with E-state index in [1.807, 2.05) is 0 Å². The van der Waals surface area contributed by atoms with Crippen LogP contribution in [0, 0.1) is 17.5 Å². The fourth-order valence-electron chi connectivity index (χ4n) is 2.53. The van der Waals surface area contributed by atoms with Crippen LogP contribution in [0.3, 0.4) is 0 Å². The molecule has 126 valence electrons. The van der Waals surface area contributed by atoms with Crippen molar-refractivity contribution in [3.8, 4) is 11.3 Å². The quantitative estimate of drug-likeness (QED) is 0.564. The third kappa shape index (κ3) is 3.03. The summed E-state index contributed by atoms with van der Waals surface area (Å²) in [5.74, 6) is -2.40. The monoisotopic (exact) mass is 342 g/mol. The van der Waals surface area contributed by atoms with Crippen LogP contribution in [0.5, 0.6) is 0 Å². The van der Waals surface area contributed by atoms with Crippen molar-refractivity contribution in [2.75, 3.05) is 0 Å². The number of guanidine groups is 1. The Labute approximate surface area is 141 Å². The third-order valence-corrected chi connectivity index (χ3v) is 3.64. The van der Waals surface area contributed by atoms with E-state index in [0.29, 0.717) is 5.56 Å². The van der Waals surface area contributed by atoms with Crippen molar-refractivity contribution in [2.45, 2.75) is 0 Å². The third-order valence-electron chi connectivity index (χ3n) is 3.64. The van der Waals surface area contributed by atoms with Gasteiger partial charge in [-0.3, -0.25) is 4.98 Å². The van der Waals surface area contributed by atoms with Crippen LogP contribution in [-0.2, 0) is 0 Å². The average molecular weight is 342 g/mol. The molecule has 1 heterocycles. The van der Waals surface area contributed by atoms with Crippen LogP contribution in [0.15, 0.2) is 54.2 Å². The predicted molar refractivity (Wildman–Crippen MR) is 91.9 cm³/mol. The van der Waals surface area contributed by atoms with Gasteiger partial charge in [-0.05, 0) is 18.2 Å². The van der Waals surface area contributed by atoms with Crippen molar-refractivity contribution in [1.29, 1.82) is 0 Å². The van der Waals surface area contributed by atoms with Crippen molar-refractivity contribution in [3.63, 3.8) is 0 Å². The van der Waals surface area contributed by atoms with Gasteiger partial charge < -0.3 is 11.5 Å². The maximum Gasteiger partial charge on any atom is 0.191 e. The molecule has 4 nitrogen and oxygen atoms in total. The Kier molecular flexibility index (Phi) is 4.14. The maximum atomic E-state index is 14.1. The van der Waals surface area contributed by atoms with Gasteiger partial charge in [0.1, 0.15) is 17.5 Å². The molecule has 1 aromatic heterocycles. The normalized spacial score (nSPS) is 10.7. The van der Waals surface area contributed by atoms with Gasteiger partial charge in [0.25, 0.3) is 0 Å². The fourth-order valence-corrected chi connectivity index (χ4v) is 2.53. The van der Waals surface area contributed by atoms with Crippen LogP contribution >= 0.6 is 0 Å². The number of benzene rings is 2. The number of nitrogens with zero attached hydrogens (tertiary/aromatic N) is 2. The maximum absolute atomic E-state index is 14.1. The standard InChI is InChI=1S/C18H13F3N4/c1-9(25-18(22)23)10-5-6-11-12(7-10)17(24-8-15(11)21)16-13(19)3-2-4-14(16)20/h2-8H,1H2,(H4,22,23,25). The Hall–Kier alpha value is -3.35. The van der Waals surface area contributed by atoms with E-state index in [9.17, 15) is 13.2 Å². The first-order valence-electron chi connectivity index (χ1n) is 7.20. The Morgan fingerprint density at radius 3 is 2.28 bits per heavy atom. The first-order chi connectivity index (χ1) is 11.9. The molecule has 0 aliphatic carbocycles. The molecule has 0 spiro atoms. The number of rotatable bonds is 3. The average Bonchev–Trinajstić information content (AvgIpc) is 2.55. The number of aromatic nitrogens is 1. The molecule has 0 unspecified atom stereocenters. The summed E-state index contributed by atoms with van der Waals surface area (Å²) < 4.78 is 42.4. The predicted octanol–water partition coefficient (Wildman–Crippen LogP) is 3.56. The van der Waals surface area contributed by atoms with E-state index in [1.54, 1.807) is 6.07 Å². The summed E-state index contributed by atoms with van der Waals surface area (Å²) in [7, 11) is 0. The molecule has 0 saturated heterocycles. The summed E-state index contributed by atoms with van der Waals surface area (Å²) in [5, 5.41) is 0.377. The molecule has 0 aliphatic heterocycles. The molecule has 0 radical (unpaired) electrons. The molecule has 0 amide bonds. The van der Waals surface area contributed by atoms with E-state index >= 15 is 0 Å². The van der Waals surface area contributed by atoms with Gasteiger partial charge in [0.05, 0.1) is 23.2 Å². The molecule has 3 aromatic rings. The van der Waals surface area contributed by atoms with Gasteiger partial charge in [0, 0.05) is 16.3 Å². The van der Waals surface area contributed by atoms with Gasteiger partial charge >= 0.3 is 0 Å². The van der Waals surface area contributed by atoms with E-state index in [2.05, 4.69) is 16.6 Å². The molecule has 0 bridgehead atoms. The minimum absolute atomic E-state index is 0.0219. The number of fused-ring (bicyclic) bond motifs is 1. The minimum Gasteiger partial charge on any atom is -0.370 e. The highest BCUT2D eigenvalue weighted by molar-refractivity contribution is 5.97. The van der Waals surface area contributed by atoms with Crippen molar-refractivity contribution < 1.29 is 13.2 Å². The van der Waals surface area contributed by atoms with Gasteiger partial charge in [0.15, 0.2) is 5.96 Å². The zero-order chi connectivity index (χ0) is 18.1. The zero-order valence-corrected chi connectivity index (χ0v) is 12.9. The van der Waals surface area contributed by atoms with Crippen molar-refractivity contribution >= 4 is 22.4 Å². The lowest BCUT2D eigenvalue weighted by Gasteiger charge is -2.10. The Morgan fingerprint density at radius 2 is 1.64 bits per heavy atom. The van der Waals surface area contributed by atoms with Crippen molar-refractivity contribution in [2.24, 2.45) is 16.5 Å². The number of pyridine rings is 1. The molecule has 3 rings (SSSR count). The molecule has 7 heteroatoms. The number of aliphatic imine (C=N–C) groups is 1. The van der Waals surface area contributed by atoms with Crippen LogP contribution in [-0.4, -0.2) is 10.9 Å². The lowest BCUT2D eigenvalue weighted by atomic mass is 10.00. The number of hydrogen-bond donors (Lipinski definition) is 2. The highest BCUT2D eigenvalue weighted by Gasteiger charge is 2.17. The second kappa shape index (κ2) is 6.27. The Bertz CT molecular complexity index is 1000. The first kappa shape index (κ1) is 16.5. The molecule has 0 atom stereocenters. The van der Waals surface area contributed by atoms with Crippen LogP contribution in [0.1, 0.15) is 5.56 Å². The fraction of sp³-hybridized carbons (Fsp3) is 0. The van der Waals surface area contributed by atoms with E-state index in [1.165, 1.54) is 18.2 Å². The van der Waals surface area contributed by atoms with Gasteiger partial charge in [-0.25, -0.2) is 18.2 Å². The molecular weight excluding hydrogens is 329 g/mol. The Morgan fingerprint density at radius 1 is 0.960 bits per heavy atom. The molecular formula is C18H13F3N4. The Balaban J connectivity index is 2.32. The second-order valence-corrected chi connectivity index (χ2v) is 5.30. The second-order valence-electron chi connectivity index (χ2n) is 5.30. The first-order valence-corrected chi connectivity index (χ1v) is 7.20. The lowest BCUT2D eigenvalue weighted by molar-refractivity contribution is 0.588. The van der Waals surface area contributed by atoms with Crippen LogP contribution in [0.2, 0.25) is 0 Å². The summed E-state index contributed by atoms with van der Waals surface area (Å²) in [6, 6.07) is 7.96. The molecule has 0 aliphatic rings. The molecule has 2 aromatic carbocycles.